The highest BCUT2D eigenvalue weighted by molar-refractivity contribution is 5.84. The number of hydrogen-bond acceptors (Lipinski definition) is 7. The molecule has 2 fully saturated rings. The first-order chi connectivity index (χ1) is 11.3. The summed E-state index contributed by atoms with van der Waals surface area (Å²) in [7, 11) is 0. The normalized spacial score (nSPS) is 25.0. The summed E-state index contributed by atoms with van der Waals surface area (Å²) >= 11 is 0. The van der Waals surface area contributed by atoms with Gasteiger partial charge in [0.05, 0.1) is 24.1 Å². The molecule has 2 aromatic rings. The SMILES string of the molecule is O[C@H]1COC[C@H]1Oc1nc(N2CCNCC2)nc2ccccc12. The lowest BCUT2D eigenvalue weighted by Gasteiger charge is -2.28. The molecule has 2 atom stereocenters. The zero-order valence-corrected chi connectivity index (χ0v) is 12.8. The molecule has 0 unspecified atom stereocenters. The second kappa shape index (κ2) is 6.27. The van der Waals surface area contributed by atoms with Crippen molar-refractivity contribution in [3.63, 3.8) is 0 Å². The maximum Gasteiger partial charge on any atom is 0.229 e. The van der Waals surface area contributed by atoms with E-state index in [1.807, 2.05) is 24.3 Å². The number of ether oxygens (including phenoxy) is 2. The fraction of sp³-hybridized carbons (Fsp3) is 0.500. The number of hydrogen-bond donors (Lipinski definition) is 2. The molecule has 7 nitrogen and oxygen atoms in total. The first-order valence-electron chi connectivity index (χ1n) is 7.96. The van der Waals surface area contributed by atoms with Crippen molar-refractivity contribution in [3.8, 4) is 5.88 Å². The summed E-state index contributed by atoms with van der Waals surface area (Å²) in [6, 6.07) is 7.78. The number of piperazine rings is 1. The number of nitrogens with one attached hydrogen (secondary N) is 1. The van der Waals surface area contributed by atoms with Crippen molar-refractivity contribution in [2.75, 3.05) is 44.3 Å². The summed E-state index contributed by atoms with van der Waals surface area (Å²) in [4.78, 5) is 11.4. The van der Waals surface area contributed by atoms with Gasteiger partial charge in [-0.1, -0.05) is 12.1 Å². The number of nitrogens with zero attached hydrogens (tertiary/aromatic N) is 3. The largest absolute Gasteiger partial charge is 0.468 e. The van der Waals surface area contributed by atoms with Gasteiger partial charge < -0.3 is 24.8 Å². The van der Waals surface area contributed by atoms with Crippen LogP contribution in [0.3, 0.4) is 0 Å². The summed E-state index contributed by atoms with van der Waals surface area (Å²) in [6.45, 7) is 4.25. The van der Waals surface area contributed by atoms with Crippen LogP contribution < -0.4 is 15.0 Å². The standard InChI is InChI=1S/C16H20N4O3/c21-13-9-22-10-14(13)23-15-11-3-1-2-4-12(11)18-16(19-15)20-7-5-17-6-8-20/h1-4,13-14,17,21H,5-10H2/t13-,14+/m0/s1. The third kappa shape index (κ3) is 2.95. The number of aliphatic hydroxyl groups excluding tert-OH is 1. The van der Waals surface area contributed by atoms with Crippen molar-refractivity contribution < 1.29 is 14.6 Å². The number of aliphatic hydroxyl groups is 1. The monoisotopic (exact) mass is 316 g/mol. The molecule has 0 saturated carbocycles. The Bertz CT molecular complexity index is 690. The van der Waals surface area contributed by atoms with Crippen LogP contribution in [-0.4, -0.2) is 66.7 Å². The highest BCUT2D eigenvalue weighted by Gasteiger charge is 2.29. The van der Waals surface area contributed by atoms with Crippen LogP contribution in [0.15, 0.2) is 24.3 Å². The van der Waals surface area contributed by atoms with Crippen LogP contribution in [0.4, 0.5) is 5.95 Å². The molecule has 0 aliphatic carbocycles. The maximum absolute atomic E-state index is 9.93. The average molecular weight is 316 g/mol. The van der Waals surface area contributed by atoms with Crippen LogP contribution in [0.5, 0.6) is 5.88 Å². The Morgan fingerprint density at radius 2 is 2.00 bits per heavy atom. The molecule has 1 aromatic carbocycles. The molecule has 2 N–H and O–H groups in total. The Morgan fingerprint density at radius 3 is 2.78 bits per heavy atom. The van der Waals surface area contributed by atoms with Crippen molar-refractivity contribution in [2.24, 2.45) is 0 Å². The van der Waals surface area contributed by atoms with E-state index in [9.17, 15) is 5.11 Å². The van der Waals surface area contributed by atoms with Gasteiger partial charge in [0.25, 0.3) is 0 Å². The Balaban J connectivity index is 1.71. The second-order valence-electron chi connectivity index (χ2n) is 5.84. The molecule has 23 heavy (non-hydrogen) atoms. The first kappa shape index (κ1) is 14.6. The number of para-hydroxylation sites is 1. The second-order valence-corrected chi connectivity index (χ2v) is 5.84. The van der Waals surface area contributed by atoms with E-state index in [-0.39, 0.29) is 6.10 Å². The van der Waals surface area contributed by atoms with E-state index in [2.05, 4.69) is 20.2 Å². The van der Waals surface area contributed by atoms with Gasteiger partial charge in [-0.2, -0.15) is 4.98 Å². The summed E-state index contributed by atoms with van der Waals surface area (Å²) in [5.41, 5.74) is 0.847. The highest BCUT2D eigenvalue weighted by Crippen LogP contribution is 2.27. The van der Waals surface area contributed by atoms with Crippen molar-refractivity contribution in [1.29, 1.82) is 0 Å². The van der Waals surface area contributed by atoms with Crippen LogP contribution in [-0.2, 0) is 4.74 Å². The van der Waals surface area contributed by atoms with Crippen LogP contribution in [0, 0.1) is 0 Å². The van der Waals surface area contributed by atoms with Gasteiger partial charge in [-0.15, -0.1) is 0 Å². The number of anilines is 1. The Morgan fingerprint density at radius 1 is 1.17 bits per heavy atom. The molecule has 3 heterocycles. The van der Waals surface area contributed by atoms with Gasteiger partial charge in [0.2, 0.25) is 11.8 Å². The third-order valence-corrected chi connectivity index (χ3v) is 4.22. The van der Waals surface area contributed by atoms with Crippen molar-refractivity contribution in [3.05, 3.63) is 24.3 Å². The highest BCUT2D eigenvalue weighted by atomic mass is 16.6. The van der Waals surface area contributed by atoms with Crippen molar-refractivity contribution in [2.45, 2.75) is 12.2 Å². The molecule has 0 amide bonds. The van der Waals surface area contributed by atoms with E-state index in [1.54, 1.807) is 0 Å². The molecule has 0 bridgehead atoms. The minimum absolute atomic E-state index is 0.304. The molecule has 2 saturated heterocycles. The van der Waals surface area contributed by atoms with Crippen LogP contribution in [0.25, 0.3) is 10.9 Å². The minimum Gasteiger partial charge on any atom is -0.468 e. The van der Waals surface area contributed by atoms with E-state index >= 15 is 0 Å². The van der Waals surface area contributed by atoms with E-state index in [0.717, 1.165) is 37.1 Å². The summed E-state index contributed by atoms with van der Waals surface area (Å²) in [5, 5.41) is 14.1. The Kier molecular flexibility index (Phi) is 3.99. The maximum atomic E-state index is 9.93. The average Bonchev–Trinajstić information content (AvgIpc) is 3.00. The molecular weight excluding hydrogens is 296 g/mol. The first-order valence-corrected chi connectivity index (χ1v) is 7.96. The Hall–Kier alpha value is -1.96. The molecule has 7 heteroatoms. The molecule has 122 valence electrons. The van der Waals surface area contributed by atoms with Gasteiger partial charge in [-0.3, -0.25) is 0 Å². The van der Waals surface area contributed by atoms with Gasteiger partial charge in [0, 0.05) is 26.2 Å². The van der Waals surface area contributed by atoms with E-state index in [1.165, 1.54) is 0 Å². The number of aromatic nitrogens is 2. The topological polar surface area (TPSA) is 79.7 Å². The Labute approximate surface area is 134 Å². The lowest BCUT2D eigenvalue weighted by Crippen LogP contribution is -2.44. The quantitative estimate of drug-likeness (QED) is 0.836. The lowest BCUT2D eigenvalue weighted by atomic mass is 10.2. The van der Waals surface area contributed by atoms with Gasteiger partial charge >= 0.3 is 0 Å². The minimum atomic E-state index is -0.619. The van der Waals surface area contributed by atoms with Gasteiger partial charge in [0.1, 0.15) is 6.10 Å². The smallest absolute Gasteiger partial charge is 0.229 e. The van der Waals surface area contributed by atoms with Crippen LogP contribution in [0.1, 0.15) is 0 Å². The lowest BCUT2D eigenvalue weighted by molar-refractivity contribution is 0.0715. The summed E-state index contributed by atoms with van der Waals surface area (Å²) in [6.07, 6.45) is -1.00. The molecule has 2 aliphatic heterocycles. The third-order valence-electron chi connectivity index (χ3n) is 4.22. The van der Waals surface area contributed by atoms with Crippen molar-refractivity contribution >= 4 is 16.9 Å². The van der Waals surface area contributed by atoms with E-state index in [4.69, 9.17) is 9.47 Å². The number of fused-ring (bicyclic) bond motifs is 1. The number of rotatable bonds is 3. The van der Waals surface area contributed by atoms with Crippen LogP contribution in [0.2, 0.25) is 0 Å². The molecule has 0 spiro atoms. The predicted molar refractivity (Wildman–Crippen MR) is 85.9 cm³/mol. The fourth-order valence-electron chi connectivity index (χ4n) is 2.91. The van der Waals surface area contributed by atoms with Gasteiger partial charge in [-0.05, 0) is 12.1 Å². The van der Waals surface area contributed by atoms with Gasteiger partial charge in [-0.25, -0.2) is 4.98 Å². The van der Waals surface area contributed by atoms with Crippen LogP contribution >= 0.6 is 0 Å². The summed E-state index contributed by atoms with van der Waals surface area (Å²) < 4.78 is 11.2. The molecule has 2 aliphatic rings. The van der Waals surface area contributed by atoms with E-state index < -0.39 is 6.10 Å². The molecule has 4 rings (SSSR count). The number of benzene rings is 1. The molecule has 0 radical (unpaired) electrons. The zero-order valence-electron chi connectivity index (χ0n) is 12.8. The zero-order chi connectivity index (χ0) is 15.6. The molecular formula is C16H20N4O3. The van der Waals surface area contributed by atoms with Crippen molar-refractivity contribution in [1.82, 2.24) is 15.3 Å². The predicted octanol–water partition coefficient (Wildman–Crippen LogP) is 0.178. The summed E-state index contributed by atoms with van der Waals surface area (Å²) in [5.74, 6) is 1.19. The molecule has 1 aromatic heterocycles. The van der Waals surface area contributed by atoms with Gasteiger partial charge in [0.15, 0.2) is 6.10 Å². The van der Waals surface area contributed by atoms with E-state index in [0.29, 0.717) is 25.0 Å². The fourth-order valence-corrected chi connectivity index (χ4v) is 2.91.